The minimum absolute atomic E-state index is 0.416. The molecular weight excluding hydrogens is 382 g/mol. The zero-order valence-electron chi connectivity index (χ0n) is 16.0. The first-order chi connectivity index (χ1) is 13.5. The van der Waals surface area contributed by atoms with E-state index in [1.165, 1.54) is 23.9 Å². The number of nitrogen functional groups attached to an aromatic ring is 1. The number of fused-ring (bicyclic) bond motifs is 1. The topological polar surface area (TPSA) is 66.0 Å². The molecule has 2 aromatic heterocycles. The molecule has 150 valence electrons. The summed E-state index contributed by atoms with van der Waals surface area (Å²) < 4.78 is 34.4. The number of thioether (sulfide) groups is 1. The molecule has 0 aliphatic carbocycles. The Morgan fingerprint density at radius 1 is 1.25 bits per heavy atom. The average Bonchev–Trinajstić information content (AvgIpc) is 3.04. The second kappa shape index (κ2) is 9.34. The van der Waals surface area contributed by atoms with E-state index in [9.17, 15) is 8.78 Å². The fourth-order valence-corrected chi connectivity index (χ4v) is 3.99. The van der Waals surface area contributed by atoms with Gasteiger partial charge in [0.05, 0.1) is 5.52 Å². The van der Waals surface area contributed by atoms with Crippen molar-refractivity contribution in [2.45, 2.75) is 44.7 Å². The van der Waals surface area contributed by atoms with Gasteiger partial charge in [0.15, 0.2) is 5.82 Å². The molecular formula is C20H24F2N4OS. The summed E-state index contributed by atoms with van der Waals surface area (Å²) in [5.41, 5.74) is 8.72. The van der Waals surface area contributed by atoms with Gasteiger partial charge in [-0.15, -0.1) is 11.8 Å². The predicted molar refractivity (Wildman–Crippen MR) is 108 cm³/mol. The minimum atomic E-state index is -0.556. The van der Waals surface area contributed by atoms with Crippen molar-refractivity contribution in [1.82, 2.24) is 14.5 Å². The molecule has 0 atom stereocenters. The van der Waals surface area contributed by atoms with Gasteiger partial charge in [-0.25, -0.2) is 18.7 Å². The second-order valence-corrected chi connectivity index (χ2v) is 7.61. The van der Waals surface area contributed by atoms with Crippen LogP contribution in [0.1, 0.15) is 31.2 Å². The van der Waals surface area contributed by atoms with Crippen molar-refractivity contribution in [1.29, 1.82) is 0 Å². The molecule has 2 heterocycles. The molecule has 0 saturated heterocycles. The third-order valence-electron chi connectivity index (χ3n) is 4.42. The van der Waals surface area contributed by atoms with Crippen LogP contribution in [0.15, 0.2) is 29.3 Å². The van der Waals surface area contributed by atoms with Crippen LogP contribution in [-0.4, -0.2) is 26.9 Å². The molecule has 0 aliphatic heterocycles. The van der Waals surface area contributed by atoms with Gasteiger partial charge >= 0.3 is 0 Å². The fraction of sp³-hybridized carbons (Fsp3) is 0.400. The Labute approximate surface area is 167 Å². The second-order valence-electron chi connectivity index (χ2n) is 6.47. The number of nitrogens with two attached hydrogens (primary N) is 1. The molecule has 8 heteroatoms. The summed E-state index contributed by atoms with van der Waals surface area (Å²) in [7, 11) is 0. The summed E-state index contributed by atoms with van der Waals surface area (Å²) in [5, 5.41) is 0. The van der Waals surface area contributed by atoms with E-state index in [1.54, 1.807) is 6.20 Å². The number of aromatic nitrogens is 3. The zero-order valence-corrected chi connectivity index (χ0v) is 16.9. The highest BCUT2D eigenvalue weighted by molar-refractivity contribution is 7.99. The van der Waals surface area contributed by atoms with Crippen molar-refractivity contribution in [3.05, 3.63) is 47.4 Å². The van der Waals surface area contributed by atoms with Crippen LogP contribution in [0.25, 0.3) is 11.0 Å². The fourth-order valence-electron chi connectivity index (χ4n) is 3.06. The summed E-state index contributed by atoms with van der Waals surface area (Å²) in [6.07, 6.45) is 3.53. The van der Waals surface area contributed by atoms with Gasteiger partial charge in [-0.1, -0.05) is 0 Å². The number of anilines is 1. The molecule has 0 aliphatic rings. The van der Waals surface area contributed by atoms with Gasteiger partial charge in [0.1, 0.15) is 29.6 Å². The molecule has 0 fully saturated rings. The molecule has 3 rings (SSSR count). The molecule has 1 aromatic carbocycles. The average molecular weight is 407 g/mol. The third kappa shape index (κ3) is 4.62. The lowest BCUT2D eigenvalue weighted by Gasteiger charge is -2.11. The maximum atomic E-state index is 13.7. The smallest absolute Gasteiger partial charge is 0.151 e. The van der Waals surface area contributed by atoms with E-state index in [0.717, 1.165) is 48.1 Å². The van der Waals surface area contributed by atoms with Crippen LogP contribution >= 0.6 is 11.8 Å². The number of nitrogens with zero attached hydrogens (tertiary/aromatic N) is 3. The molecule has 3 aromatic rings. The van der Waals surface area contributed by atoms with E-state index in [2.05, 4.69) is 14.5 Å². The normalized spacial score (nSPS) is 11.4. The van der Waals surface area contributed by atoms with E-state index >= 15 is 0 Å². The minimum Gasteiger partial charge on any atom is -0.382 e. The van der Waals surface area contributed by atoms with Gasteiger partial charge in [0.2, 0.25) is 0 Å². The monoisotopic (exact) mass is 406 g/mol. The molecule has 0 spiro atoms. The van der Waals surface area contributed by atoms with Crippen LogP contribution < -0.4 is 5.73 Å². The highest BCUT2D eigenvalue weighted by Gasteiger charge is 2.15. The Hall–Kier alpha value is -2.19. The number of hydrogen-bond acceptors (Lipinski definition) is 5. The van der Waals surface area contributed by atoms with E-state index in [-0.39, 0.29) is 0 Å². The maximum Gasteiger partial charge on any atom is 0.151 e. The van der Waals surface area contributed by atoms with Crippen molar-refractivity contribution in [2.75, 3.05) is 18.1 Å². The Bertz CT molecular complexity index is 961. The number of pyridine rings is 1. The van der Waals surface area contributed by atoms with Crippen LogP contribution in [0, 0.1) is 18.6 Å². The molecule has 2 N–H and O–H groups in total. The Morgan fingerprint density at radius 2 is 2.07 bits per heavy atom. The summed E-state index contributed by atoms with van der Waals surface area (Å²) in [6, 6.07) is 3.68. The van der Waals surface area contributed by atoms with Crippen molar-refractivity contribution in [2.24, 2.45) is 0 Å². The summed E-state index contributed by atoms with van der Waals surface area (Å²) in [6.45, 7) is 5.72. The van der Waals surface area contributed by atoms with Crippen LogP contribution in [0.4, 0.5) is 14.6 Å². The highest BCUT2D eigenvalue weighted by atomic mass is 32.2. The molecule has 0 amide bonds. The van der Waals surface area contributed by atoms with Crippen LogP contribution in [0.2, 0.25) is 0 Å². The van der Waals surface area contributed by atoms with Crippen LogP contribution in [0.3, 0.4) is 0 Å². The summed E-state index contributed by atoms with van der Waals surface area (Å²) in [4.78, 5) is 9.31. The number of ether oxygens (including phenoxy) is 1. The lowest BCUT2D eigenvalue weighted by Crippen LogP contribution is -2.07. The summed E-state index contributed by atoms with van der Waals surface area (Å²) >= 11 is 1.40. The molecule has 0 unspecified atom stereocenters. The first-order valence-electron chi connectivity index (χ1n) is 9.27. The predicted octanol–water partition coefficient (Wildman–Crippen LogP) is 4.71. The molecule has 0 bridgehead atoms. The standard InChI is InChI=1S/C20H24F2N4OS/c1-3-27-12-17-25-18-19(13(2)11-24-20(18)23)26(17)8-4-5-9-28-16-7-6-14(21)10-15(16)22/h6-7,10-11H,3-5,8-9,12H2,1-2H3,(H2,23,24). The molecule has 5 nitrogen and oxygen atoms in total. The van der Waals surface area contributed by atoms with Gasteiger partial charge in [-0.05, 0) is 50.1 Å². The van der Waals surface area contributed by atoms with Gasteiger partial charge in [-0.2, -0.15) is 0 Å². The van der Waals surface area contributed by atoms with Crippen LogP contribution in [-0.2, 0) is 17.9 Å². The number of imidazole rings is 1. The number of rotatable bonds is 9. The van der Waals surface area contributed by atoms with E-state index in [0.29, 0.717) is 29.4 Å². The first-order valence-corrected chi connectivity index (χ1v) is 10.3. The SMILES string of the molecule is CCOCc1nc2c(N)ncc(C)c2n1CCCCSc1ccc(F)cc1F. The summed E-state index contributed by atoms with van der Waals surface area (Å²) in [5.74, 6) is 0.929. The number of halogens is 2. The van der Waals surface area contributed by atoms with E-state index in [1.807, 2.05) is 13.8 Å². The van der Waals surface area contributed by atoms with E-state index < -0.39 is 11.6 Å². The first kappa shape index (κ1) is 20.5. The van der Waals surface area contributed by atoms with Crippen molar-refractivity contribution >= 4 is 28.6 Å². The van der Waals surface area contributed by atoms with Gasteiger partial charge in [0.25, 0.3) is 0 Å². The molecule has 28 heavy (non-hydrogen) atoms. The highest BCUT2D eigenvalue weighted by Crippen LogP contribution is 2.26. The lowest BCUT2D eigenvalue weighted by atomic mass is 10.2. The number of unbranched alkanes of at least 4 members (excludes halogenated alkanes) is 1. The third-order valence-corrected chi connectivity index (χ3v) is 5.56. The molecule has 0 saturated carbocycles. The lowest BCUT2D eigenvalue weighted by molar-refractivity contribution is 0.126. The van der Waals surface area contributed by atoms with Crippen molar-refractivity contribution in [3.63, 3.8) is 0 Å². The Morgan fingerprint density at radius 3 is 2.82 bits per heavy atom. The Kier molecular flexibility index (Phi) is 6.85. The quantitative estimate of drug-likeness (QED) is 0.412. The van der Waals surface area contributed by atoms with E-state index in [4.69, 9.17) is 10.5 Å². The molecule has 0 radical (unpaired) electrons. The zero-order chi connectivity index (χ0) is 20.1. The Balaban J connectivity index is 1.66. The van der Waals surface area contributed by atoms with Gasteiger partial charge < -0.3 is 15.0 Å². The number of aryl methyl sites for hydroxylation is 2. The van der Waals surface area contributed by atoms with Crippen molar-refractivity contribution in [3.8, 4) is 0 Å². The number of benzene rings is 1. The van der Waals surface area contributed by atoms with Gasteiger partial charge in [-0.3, -0.25) is 0 Å². The largest absolute Gasteiger partial charge is 0.382 e. The van der Waals surface area contributed by atoms with Gasteiger partial charge in [0, 0.05) is 30.3 Å². The van der Waals surface area contributed by atoms with Crippen molar-refractivity contribution < 1.29 is 13.5 Å². The maximum absolute atomic E-state index is 13.7. The number of hydrogen-bond donors (Lipinski definition) is 1. The van der Waals surface area contributed by atoms with Crippen LogP contribution in [0.5, 0.6) is 0 Å².